The van der Waals surface area contributed by atoms with Crippen molar-refractivity contribution < 1.29 is 19.0 Å². The first-order valence-electron chi connectivity index (χ1n) is 8.50. The second-order valence-electron chi connectivity index (χ2n) is 6.60. The van der Waals surface area contributed by atoms with Crippen molar-refractivity contribution in [2.75, 3.05) is 14.2 Å². The van der Waals surface area contributed by atoms with E-state index in [0.717, 1.165) is 10.2 Å². The molecule has 148 valence electrons. The van der Waals surface area contributed by atoms with Crippen molar-refractivity contribution in [2.45, 2.75) is 19.4 Å². The number of methoxy groups -OCH3 is 2. The van der Waals surface area contributed by atoms with Crippen molar-refractivity contribution in [1.29, 1.82) is 0 Å². The molecule has 0 fully saturated rings. The molecule has 0 aliphatic carbocycles. The summed E-state index contributed by atoms with van der Waals surface area (Å²) in [4.78, 5) is 17.7. The largest absolute Gasteiger partial charge is 0.493 e. The summed E-state index contributed by atoms with van der Waals surface area (Å²) in [6, 6.07) is 10.6. The Bertz CT molecular complexity index is 1080. The molecule has 0 bridgehead atoms. The van der Waals surface area contributed by atoms with Gasteiger partial charge >= 0.3 is 0 Å². The van der Waals surface area contributed by atoms with Gasteiger partial charge in [-0.15, -0.1) is 0 Å². The molecule has 0 saturated heterocycles. The predicted octanol–water partition coefficient (Wildman–Crippen LogP) is 4.20. The maximum absolute atomic E-state index is 12.8. The maximum Gasteiger partial charge on any atom is 0.291 e. The molecule has 0 aliphatic rings. The Kier molecular flexibility index (Phi) is 5.67. The molecule has 3 rings (SSSR count). The van der Waals surface area contributed by atoms with Crippen LogP contribution >= 0.6 is 22.9 Å². The summed E-state index contributed by atoms with van der Waals surface area (Å²) < 4.78 is 19.3. The average Bonchev–Trinajstić information content (AvgIpc) is 2.97. The molecule has 0 N–H and O–H groups in total. The van der Waals surface area contributed by atoms with Crippen molar-refractivity contribution in [3.05, 3.63) is 46.2 Å². The molecule has 0 atom stereocenters. The zero-order valence-corrected chi connectivity index (χ0v) is 17.9. The zero-order chi connectivity index (χ0) is 20.5. The summed E-state index contributed by atoms with van der Waals surface area (Å²) in [5.74, 6) is 1.41. The summed E-state index contributed by atoms with van der Waals surface area (Å²) in [6.07, 6.45) is 0. The average molecular weight is 421 g/mol. The van der Waals surface area contributed by atoms with Crippen LogP contribution in [0.5, 0.6) is 17.2 Å². The van der Waals surface area contributed by atoms with E-state index < -0.39 is 5.60 Å². The minimum atomic E-state index is -1.13. The number of halogens is 1. The second-order valence-corrected chi connectivity index (χ2v) is 8.05. The third kappa shape index (κ3) is 4.00. The molecule has 3 aromatic rings. The van der Waals surface area contributed by atoms with Crippen LogP contribution in [0.2, 0.25) is 5.02 Å². The Hall–Kier alpha value is -2.51. The van der Waals surface area contributed by atoms with Crippen LogP contribution in [-0.2, 0) is 11.8 Å². The van der Waals surface area contributed by atoms with Crippen molar-refractivity contribution in [3.63, 3.8) is 0 Å². The summed E-state index contributed by atoms with van der Waals surface area (Å²) in [5.41, 5.74) is -0.238. The molecule has 0 spiro atoms. The van der Waals surface area contributed by atoms with Gasteiger partial charge in [-0.3, -0.25) is 4.79 Å². The Balaban J connectivity index is 1.97. The number of benzene rings is 2. The summed E-state index contributed by atoms with van der Waals surface area (Å²) >= 11 is 7.28. The van der Waals surface area contributed by atoms with Gasteiger partial charge in [-0.05, 0) is 38.1 Å². The first kappa shape index (κ1) is 20.2. The first-order chi connectivity index (χ1) is 13.2. The fourth-order valence-electron chi connectivity index (χ4n) is 2.62. The predicted molar refractivity (Wildman–Crippen MR) is 111 cm³/mol. The number of nitrogens with zero attached hydrogens (tertiary/aromatic N) is 2. The van der Waals surface area contributed by atoms with Crippen LogP contribution in [0.15, 0.2) is 41.4 Å². The number of amides is 1. The SMILES string of the molecule is COc1cc2sc(=NC(=O)C(C)(C)Oc3ccc(Cl)cc3)n(C)c2cc1OC. The van der Waals surface area contributed by atoms with E-state index in [0.29, 0.717) is 27.1 Å². The monoisotopic (exact) mass is 420 g/mol. The van der Waals surface area contributed by atoms with E-state index in [9.17, 15) is 4.79 Å². The van der Waals surface area contributed by atoms with Crippen LogP contribution in [0.1, 0.15) is 13.8 Å². The molecule has 0 saturated carbocycles. The number of aryl methyl sites for hydroxylation is 1. The quantitative estimate of drug-likeness (QED) is 0.620. The van der Waals surface area contributed by atoms with E-state index in [1.165, 1.54) is 11.3 Å². The normalized spacial score (nSPS) is 12.3. The van der Waals surface area contributed by atoms with Gasteiger partial charge in [0.2, 0.25) is 0 Å². The zero-order valence-electron chi connectivity index (χ0n) is 16.3. The first-order valence-corrected chi connectivity index (χ1v) is 9.70. The van der Waals surface area contributed by atoms with Crippen LogP contribution in [-0.4, -0.2) is 30.3 Å². The lowest BCUT2D eigenvalue weighted by atomic mass is 10.1. The third-order valence-electron chi connectivity index (χ3n) is 4.21. The number of ether oxygens (including phenoxy) is 3. The number of thiazole rings is 1. The van der Waals surface area contributed by atoms with E-state index in [2.05, 4.69) is 4.99 Å². The molecule has 0 radical (unpaired) electrons. The van der Waals surface area contributed by atoms with Gasteiger partial charge in [0.15, 0.2) is 21.9 Å². The molecule has 1 amide bonds. The van der Waals surface area contributed by atoms with Gasteiger partial charge in [-0.2, -0.15) is 4.99 Å². The highest BCUT2D eigenvalue weighted by atomic mass is 35.5. The Morgan fingerprint density at radius 3 is 2.32 bits per heavy atom. The highest BCUT2D eigenvalue weighted by Gasteiger charge is 2.30. The second kappa shape index (κ2) is 7.85. The number of fused-ring (bicyclic) bond motifs is 1. The number of rotatable bonds is 5. The molecule has 0 unspecified atom stereocenters. The molecule has 28 heavy (non-hydrogen) atoms. The number of hydrogen-bond acceptors (Lipinski definition) is 5. The van der Waals surface area contributed by atoms with Gasteiger partial charge in [0, 0.05) is 24.2 Å². The highest BCUT2D eigenvalue weighted by Crippen LogP contribution is 2.33. The minimum absolute atomic E-state index is 0.386. The lowest BCUT2D eigenvalue weighted by molar-refractivity contribution is -0.130. The molecule has 1 aromatic heterocycles. The number of carbonyl (C=O) groups excluding carboxylic acids is 1. The van der Waals surface area contributed by atoms with Gasteiger partial charge in [0.1, 0.15) is 5.75 Å². The van der Waals surface area contributed by atoms with Gasteiger partial charge in [0.25, 0.3) is 5.91 Å². The Labute approximate surface area is 171 Å². The fraction of sp³-hybridized carbons (Fsp3) is 0.300. The molecule has 2 aromatic carbocycles. The van der Waals surface area contributed by atoms with Crippen molar-refractivity contribution in [3.8, 4) is 17.2 Å². The lowest BCUT2D eigenvalue weighted by Crippen LogP contribution is -2.38. The molecule has 0 aliphatic heterocycles. The van der Waals surface area contributed by atoms with Gasteiger partial charge < -0.3 is 18.8 Å². The Morgan fingerprint density at radius 1 is 1.11 bits per heavy atom. The lowest BCUT2D eigenvalue weighted by Gasteiger charge is -2.22. The van der Waals surface area contributed by atoms with Crippen molar-refractivity contribution in [1.82, 2.24) is 4.57 Å². The molecule has 8 heteroatoms. The van der Waals surface area contributed by atoms with Crippen LogP contribution in [0.25, 0.3) is 10.2 Å². The summed E-state index contributed by atoms with van der Waals surface area (Å²) in [7, 11) is 5.02. The minimum Gasteiger partial charge on any atom is -0.493 e. The third-order valence-corrected chi connectivity index (χ3v) is 5.56. The van der Waals surface area contributed by atoms with E-state index in [1.807, 2.05) is 23.7 Å². The van der Waals surface area contributed by atoms with Crippen LogP contribution in [0, 0.1) is 0 Å². The smallest absolute Gasteiger partial charge is 0.291 e. The van der Waals surface area contributed by atoms with Gasteiger partial charge in [-0.1, -0.05) is 22.9 Å². The van der Waals surface area contributed by atoms with Gasteiger partial charge in [0.05, 0.1) is 24.4 Å². The van der Waals surface area contributed by atoms with Crippen LogP contribution < -0.4 is 19.0 Å². The van der Waals surface area contributed by atoms with E-state index in [4.69, 9.17) is 25.8 Å². The number of aromatic nitrogens is 1. The summed E-state index contributed by atoms with van der Waals surface area (Å²) in [6.45, 7) is 3.37. The van der Waals surface area contributed by atoms with Crippen LogP contribution in [0.4, 0.5) is 0 Å². The fourth-order valence-corrected chi connectivity index (χ4v) is 3.78. The maximum atomic E-state index is 12.8. The standard InChI is InChI=1S/C20H21ClN2O4S/c1-20(2,27-13-8-6-12(21)7-9-13)18(24)22-19-23(3)14-10-15(25-4)16(26-5)11-17(14)28-19/h6-11H,1-5H3. The van der Waals surface area contributed by atoms with Gasteiger partial charge in [-0.25, -0.2) is 0 Å². The molecule has 6 nitrogen and oxygen atoms in total. The van der Waals surface area contributed by atoms with Crippen molar-refractivity contribution in [2.24, 2.45) is 12.0 Å². The van der Waals surface area contributed by atoms with E-state index in [1.54, 1.807) is 52.3 Å². The highest BCUT2D eigenvalue weighted by molar-refractivity contribution is 7.16. The van der Waals surface area contributed by atoms with Crippen molar-refractivity contribution >= 4 is 39.1 Å². The topological polar surface area (TPSA) is 62.0 Å². The molecular formula is C20H21ClN2O4S. The number of carbonyl (C=O) groups is 1. The Morgan fingerprint density at radius 2 is 1.71 bits per heavy atom. The van der Waals surface area contributed by atoms with E-state index in [-0.39, 0.29) is 5.91 Å². The number of hydrogen-bond donors (Lipinski definition) is 0. The van der Waals surface area contributed by atoms with E-state index >= 15 is 0 Å². The summed E-state index contributed by atoms with van der Waals surface area (Å²) in [5, 5.41) is 0.601. The molecular weight excluding hydrogens is 400 g/mol. The molecule has 1 heterocycles. The van der Waals surface area contributed by atoms with Crippen LogP contribution in [0.3, 0.4) is 0 Å².